The van der Waals surface area contributed by atoms with E-state index in [9.17, 15) is 4.39 Å². The summed E-state index contributed by atoms with van der Waals surface area (Å²) in [6.45, 7) is 4.57. The van der Waals surface area contributed by atoms with Gasteiger partial charge in [-0.1, -0.05) is 19.1 Å². The van der Waals surface area contributed by atoms with Crippen LogP contribution in [0, 0.1) is 5.82 Å². The van der Waals surface area contributed by atoms with Gasteiger partial charge in [-0.15, -0.1) is 0 Å². The molecule has 1 aromatic rings. The van der Waals surface area contributed by atoms with Crippen LogP contribution in [0.15, 0.2) is 18.2 Å². The molecule has 0 bridgehead atoms. The summed E-state index contributed by atoms with van der Waals surface area (Å²) < 4.78 is 19.1. The molecule has 1 N–H and O–H groups in total. The van der Waals surface area contributed by atoms with Gasteiger partial charge >= 0.3 is 0 Å². The first-order chi connectivity index (χ1) is 7.19. The van der Waals surface area contributed by atoms with Gasteiger partial charge in [-0.25, -0.2) is 4.39 Å². The van der Waals surface area contributed by atoms with Crippen molar-refractivity contribution < 1.29 is 9.13 Å². The number of rotatable bonds is 5. The average Bonchev–Trinajstić information content (AvgIpc) is 2.23. The molecule has 0 saturated carbocycles. The van der Waals surface area contributed by atoms with Gasteiger partial charge in [0, 0.05) is 12.1 Å². The van der Waals surface area contributed by atoms with Gasteiger partial charge in [0.2, 0.25) is 0 Å². The molecule has 0 heterocycles. The van der Waals surface area contributed by atoms with Gasteiger partial charge in [-0.05, 0) is 26.5 Å². The normalized spacial score (nSPS) is 12.5. The minimum absolute atomic E-state index is 0.0394. The maximum Gasteiger partial charge on any atom is 0.165 e. The van der Waals surface area contributed by atoms with Crippen LogP contribution in [0.2, 0.25) is 0 Å². The number of hydrogen-bond donors (Lipinski definition) is 1. The molecule has 0 aliphatic carbocycles. The second-order valence-electron chi connectivity index (χ2n) is 3.60. The molecule has 84 valence electrons. The lowest BCUT2D eigenvalue weighted by Gasteiger charge is -2.16. The smallest absolute Gasteiger partial charge is 0.165 e. The Hall–Kier alpha value is -1.09. The molecule has 0 spiro atoms. The van der Waals surface area contributed by atoms with E-state index in [1.807, 2.05) is 27.0 Å². The summed E-state index contributed by atoms with van der Waals surface area (Å²) in [6, 6.07) is 5.00. The second-order valence-corrected chi connectivity index (χ2v) is 3.60. The second kappa shape index (κ2) is 5.71. The van der Waals surface area contributed by atoms with Crippen molar-refractivity contribution in [3.63, 3.8) is 0 Å². The van der Waals surface area contributed by atoms with E-state index in [1.54, 1.807) is 6.07 Å². The van der Waals surface area contributed by atoms with Crippen molar-refractivity contribution in [2.24, 2.45) is 0 Å². The Kier molecular flexibility index (Phi) is 4.56. The molecule has 0 amide bonds. The van der Waals surface area contributed by atoms with Crippen molar-refractivity contribution in [3.05, 3.63) is 29.6 Å². The molecule has 0 aliphatic heterocycles. The van der Waals surface area contributed by atoms with Crippen LogP contribution >= 0.6 is 0 Å². The van der Waals surface area contributed by atoms with Crippen molar-refractivity contribution in [1.29, 1.82) is 0 Å². The summed E-state index contributed by atoms with van der Waals surface area (Å²) in [5.74, 6) is 0.0873. The van der Waals surface area contributed by atoms with Crippen LogP contribution in [0.3, 0.4) is 0 Å². The number of nitrogens with one attached hydrogen (secondary N) is 1. The van der Waals surface area contributed by atoms with Crippen LogP contribution in [0.25, 0.3) is 0 Å². The highest BCUT2D eigenvalue weighted by atomic mass is 19.1. The third-order valence-corrected chi connectivity index (χ3v) is 2.31. The first-order valence-electron chi connectivity index (χ1n) is 5.27. The highest BCUT2D eigenvalue weighted by Gasteiger charge is 2.11. The topological polar surface area (TPSA) is 21.3 Å². The Bertz CT molecular complexity index is 314. The van der Waals surface area contributed by atoms with E-state index < -0.39 is 0 Å². The first kappa shape index (κ1) is 12.0. The quantitative estimate of drug-likeness (QED) is 0.808. The van der Waals surface area contributed by atoms with Crippen LogP contribution in [0.4, 0.5) is 4.39 Å². The zero-order valence-electron chi connectivity index (χ0n) is 9.51. The summed E-state index contributed by atoms with van der Waals surface area (Å²) >= 11 is 0. The summed E-state index contributed by atoms with van der Waals surface area (Å²) in [4.78, 5) is 0. The zero-order valence-corrected chi connectivity index (χ0v) is 9.51. The molecule has 0 aliphatic rings. The van der Waals surface area contributed by atoms with E-state index in [1.165, 1.54) is 6.07 Å². The number of hydrogen-bond acceptors (Lipinski definition) is 2. The lowest BCUT2D eigenvalue weighted by atomic mass is 10.2. The average molecular weight is 211 g/mol. The maximum atomic E-state index is 13.5. The van der Waals surface area contributed by atoms with Gasteiger partial charge in [0.25, 0.3) is 0 Å². The summed E-state index contributed by atoms with van der Waals surface area (Å²) in [6.07, 6.45) is 0.908. The highest BCUT2D eigenvalue weighted by Crippen LogP contribution is 2.24. The van der Waals surface area contributed by atoms with Crippen molar-refractivity contribution in [2.45, 2.75) is 32.9 Å². The predicted molar refractivity (Wildman–Crippen MR) is 59.5 cm³/mol. The molecule has 1 aromatic carbocycles. The zero-order chi connectivity index (χ0) is 11.3. The van der Waals surface area contributed by atoms with E-state index in [-0.39, 0.29) is 11.9 Å². The Morgan fingerprint density at radius 2 is 2.20 bits per heavy atom. The molecule has 0 aromatic heterocycles. The highest BCUT2D eigenvalue weighted by molar-refractivity contribution is 5.35. The van der Waals surface area contributed by atoms with E-state index in [4.69, 9.17) is 4.74 Å². The molecule has 2 nitrogen and oxygen atoms in total. The molecule has 3 heteroatoms. The van der Waals surface area contributed by atoms with E-state index in [0.717, 1.165) is 12.0 Å². The Morgan fingerprint density at radius 3 is 2.80 bits per heavy atom. The molecule has 1 rings (SSSR count). The number of ether oxygens (including phenoxy) is 1. The Morgan fingerprint density at radius 1 is 1.47 bits per heavy atom. The molecule has 0 radical (unpaired) electrons. The van der Waals surface area contributed by atoms with Gasteiger partial charge < -0.3 is 10.1 Å². The SMILES string of the molecule is CCC(C)Oc1c(F)cccc1CNC. The minimum Gasteiger partial charge on any atom is -0.487 e. The Balaban J connectivity index is 2.91. The molecule has 0 saturated heterocycles. The minimum atomic E-state index is -0.289. The molecular formula is C12H18FNO. The van der Waals surface area contributed by atoms with Gasteiger partial charge in [-0.2, -0.15) is 0 Å². The van der Waals surface area contributed by atoms with Gasteiger partial charge in [0.1, 0.15) is 0 Å². The fourth-order valence-corrected chi connectivity index (χ4v) is 1.30. The lowest BCUT2D eigenvalue weighted by Crippen LogP contribution is -2.14. The van der Waals surface area contributed by atoms with Crippen LogP contribution in [-0.2, 0) is 6.54 Å². The summed E-state index contributed by atoms with van der Waals surface area (Å²) in [5.41, 5.74) is 0.859. The molecular weight excluding hydrogens is 193 g/mol. The number of benzene rings is 1. The predicted octanol–water partition coefficient (Wildman–Crippen LogP) is 2.72. The van der Waals surface area contributed by atoms with Crippen molar-refractivity contribution >= 4 is 0 Å². The van der Waals surface area contributed by atoms with Crippen LogP contribution in [0.5, 0.6) is 5.75 Å². The van der Waals surface area contributed by atoms with Gasteiger partial charge in [0.15, 0.2) is 11.6 Å². The standard InChI is InChI=1S/C12H18FNO/c1-4-9(2)15-12-10(8-14-3)6-5-7-11(12)13/h5-7,9,14H,4,8H2,1-3H3. The maximum absolute atomic E-state index is 13.5. The van der Waals surface area contributed by atoms with Gasteiger partial charge in [0.05, 0.1) is 6.10 Å². The van der Waals surface area contributed by atoms with Crippen molar-refractivity contribution in [3.8, 4) is 5.75 Å². The van der Waals surface area contributed by atoms with Crippen LogP contribution in [-0.4, -0.2) is 13.2 Å². The monoisotopic (exact) mass is 211 g/mol. The third-order valence-electron chi connectivity index (χ3n) is 2.31. The summed E-state index contributed by atoms with van der Waals surface area (Å²) in [7, 11) is 1.83. The Labute approximate surface area is 90.4 Å². The van der Waals surface area contributed by atoms with E-state index >= 15 is 0 Å². The largest absolute Gasteiger partial charge is 0.487 e. The fourth-order valence-electron chi connectivity index (χ4n) is 1.30. The van der Waals surface area contributed by atoms with Crippen molar-refractivity contribution in [2.75, 3.05) is 7.05 Å². The lowest BCUT2D eigenvalue weighted by molar-refractivity contribution is 0.205. The molecule has 15 heavy (non-hydrogen) atoms. The molecule has 1 atom stereocenters. The van der Waals surface area contributed by atoms with Crippen LogP contribution < -0.4 is 10.1 Å². The summed E-state index contributed by atoms with van der Waals surface area (Å²) in [5, 5.41) is 3.00. The number of halogens is 1. The molecule has 1 unspecified atom stereocenters. The van der Waals surface area contributed by atoms with Crippen LogP contribution in [0.1, 0.15) is 25.8 Å². The fraction of sp³-hybridized carbons (Fsp3) is 0.500. The first-order valence-corrected chi connectivity index (χ1v) is 5.27. The molecule has 0 fully saturated rings. The van der Waals surface area contributed by atoms with E-state index in [2.05, 4.69) is 5.32 Å². The third kappa shape index (κ3) is 3.20. The number of para-hydroxylation sites is 1. The van der Waals surface area contributed by atoms with E-state index in [0.29, 0.717) is 12.3 Å². The van der Waals surface area contributed by atoms with Crippen molar-refractivity contribution in [1.82, 2.24) is 5.32 Å². The van der Waals surface area contributed by atoms with Gasteiger partial charge in [-0.3, -0.25) is 0 Å².